The summed E-state index contributed by atoms with van der Waals surface area (Å²) in [6.45, 7) is 4.12. The van der Waals surface area contributed by atoms with Crippen LogP contribution in [-0.4, -0.2) is 19.4 Å². The molecule has 0 saturated heterocycles. The van der Waals surface area contributed by atoms with Gasteiger partial charge in [0.25, 0.3) is 0 Å². The zero-order valence-corrected chi connectivity index (χ0v) is 11.9. The molecule has 2 aromatic rings. The van der Waals surface area contributed by atoms with Crippen LogP contribution in [0.5, 0.6) is 11.5 Å². The number of ether oxygens (including phenoxy) is 2. The van der Waals surface area contributed by atoms with E-state index in [2.05, 4.69) is 19.0 Å². The molecule has 0 fully saturated rings. The lowest BCUT2D eigenvalue weighted by Crippen LogP contribution is -2.00. The van der Waals surface area contributed by atoms with Crippen LogP contribution in [0, 0.1) is 11.3 Å². The number of nitriles is 1. The SMILES string of the molecule is COc1ccc(-c2conc2C#N)c(OC)c1C(C)C. The Morgan fingerprint density at radius 3 is 2.50 bits per heavy atom. The van der Waals surface area contributed by atoms with E-state index in [0.29, 0.717) is 11.3 Å². The van der Waals surface area contributed by atoms with Crippen LogP contribution >= 0.6 is 0 Å². The number of nitrogens with zero attached hydrogens (tertiary/aromatic N) is 2. The highest BCUT2D eigenvalue weighted by Gasteiger charge is 2.21. The highest BCUT2D eigenvalue weighted by Crippen LogP contribution is 2.42. The molecule has 5 nitrogen and oxygen atoms in total. The normalized spacial score (nSPS) is 10.4. The van der Waals surface area contributed by atoms with Crippen molar-refractivity contribution in [2.24, 2.45) is 0 Å². The van der Waals surface area contributed by atoms with Crippen molar-refractivity contribution in [3.05, 3.63) is 29.7 Å². The molecule has 2 rings (SSSR count). The number of hydrogen-bond acceptors (Lipinski definition) is 5. The second-order valence-corrected chi connectivity index (χ2v) is 4.61. The molecule has 0 unspecified atom stereocenters. The molecule has 1 aromatic carbocycles. The summed E-state index contributed by atoms with van der Waals surface area (Å²) in [6, 6.07) is 5.72. The van der Waals surface area contributed by atoms with Crippen molar-refractivity contribution in [1.82, 2.24) is 5.16 Å². The van der Waals surface area contributed by atoms with Gasteiger partial charge in [-0.05, 0) is 18.1 Å². The minimum Gasteiger partial charge on any atom is -0.496 e. The molecule has 0 saturated carbocycles. The van der Waals surface area contributed by atoms with E-state index in [4.69, 9.17) is 19.3 Å². The molecule has 0 bridgehead atoms. The van der Waals surface area contributed by atoms with Gasteiger partial charge in [0, 0.05) is 11.1 Å². The molecule has 0 aliphatic carbocycles. The summed E-state index contributed by atoms with van der Waals surface area (Å²) in [4.78, 5) is 0. The average Bonchev–Trinajstić information content (AvgIpc) is 2.93. The van der Waals surface area contributed by atoms with Crippen molar-refractivity contribution in [2.45, 2.75) is 19.8 Å². The molecule has 1 aromatic heterocycles. The number of hydrogen-bond donors (Lipinski definition) is 0. The van der Waals surface area contributed by atoms with Gasteiger partial charge < -0.3 is 14.0 Å². The molecule has 0 N–H and O–H groups in total. The maximum Gasteiger partial charge on any atom is 0.191 e. The van der Waals surface area contributed by atoms with Crippen LogP contribution < -0.4 is 9.47 Å². The van der Waals surface area contributed by atoms with Crippen LogP contribution in [-0.2, 0) is 0 Å². The van der Waals surface area contributed by atoms with Crippen molar-refractivity contribution < 1.29 is 14.0 Å². The Morgan fingerprint density at radius 2 is 1.95 bits per heavy atom. The lowest BCUT2D eigenvalue weighted by molar-refractivity contribution is 0.383. The monoisotopic (exact) mass is 272 g/mol. The van der Waals surface area contributed by atoms with Gasteiger partial charge in [-0.25, -0.2) is 0 Å². The summed E-state index contributed by atoms with van der Waals surface area (Å²) in [5.74, 6) is 1.65. The third-order valence-corrected chi connectivity index (χ3v) is 3.12. The summed E-state index contributed by atoms with van der Waals surface area (Å²) in [5.41, 5.74) is 2.59. The summed E-state index contributed by atoms with van der Waals surface area (Å²) < 4.78 is 15.8. The Morgan fingerprint density at radius 1 is 1.20 bits per heavy atom. The largest absolute Gasteiger partial charge is 0.496 e. The van der Waals surface area contributed by atoms with Gasteiger partial charge in [-0.15, -0.1) is 0 Å². The molecule has 20 heavy (non-hydrogen) atoms. The van der Waals surface area contributed by atoms with Crippen molar-refractivity contribution in [3.8, 4) is 28.7 Å². The number of methoxy groups -OCH3 is 2. The molecule has 1 heterocycles. The zero-order chi connectivity index (χ0) is 14.7. The maximum absolute atomic E-state index is 9.07. The molecule has 0 atom stereocenters. The topological polar surface area (TPSA) is 68.3 Å². The second-order valence-electron chi connectivity index (χ2n) is 4.61. The van der Waals surface area contributed by atoms with Gasteiger partial charge in [0.05, 0.1) is 19.8 Å². The predicted molar refractivity (Wildman–Crippen MR) is 73.8 cm³/mol. The minimum absolute atomic E-state index is 0.213. The summed E-state index contributed by atoms with van der Waals surface area (Å²) >= 11 is 0. The Bertz CT molecular complexity index is 654. The van der Waals surface area contributed by atoms with Crippen LogP contribution in [0.3, 0.4) is 0 Å². The van der Waals surface area contributed by atoms with Gasteiger partial charge in [-0.2, -0.15) is 5.26 Å². The fourth-order valence-corrected chi connectivity index (χ4v) is 2.25. The van der Waals surface area contributed by atoms with E-state index in [1.165, 1.54) is 6.26 Å². The van der Waals surface area contributed by atoms with Crippen LogP contribution in [0.4, 0.5) is 0 Å². The highest BCUT2D eigenvalue weighted by atomic mass is 16.5. The van der Waals surface area contributed by atoms with E-state index in [9.17, 15) is 0 Å². The van der Waals surface area contributed by atoms with E-state index in [1.54, 1.807) is 14.2 Å². The van der Waals surface area contributed by atoms with Crippen LogP contribution in [0.25, 0.3) is 11.1 Å². The molecule has 104 valence electrons. The summed E-state index contributed by atoms with van der Waals surface area (Å²) in [5, 5.41) is 12.8. The first kappa shape index (κ1) is 13.9. The number of rotatable bonds is 4. The van der Waals surface area contributed by atoms with Gasteiger partial charge in [0.2, 0.25) is 0 Å². The second kappa shape index (κ2) is 5.66. The molecular weight excluding hydrogens is 256 g/mol. The molecule has 0 spiro atoms. The van der Waals surface area contributed by atoms with E-state index in [-0.39, 0.29) is 11.6 Å². The highest BCUT2D eigenvalue weighted by molar-refractivity contribution is 5.77. The lowest BCUT2D eigenvalue weighted by atomic mass is 9.95. The average molecular weight is 272 g/mol. The predicted octanol–water partition coefficient (Wildman–Crippen LogP) is 3.35. The third-order valence-electron chi connectivity index (χ3n) is 3.12. The minimum atomic E-state index is 0.213. The first-order valence-electron chi connectivity index (χ1n) is 6.23. The number of benzene rings is 1. The molecule has 0 amide bonds. The van der Waals surface area contributed by atoms with Crippen molar-refractivity contribution in [1.29, 1.82) is 5.26 Å². The third kappa shape index (κ3) is 2.21. The summed E-state index contributed by atoms with van der Waals surface area (Å²) in [6.07, 6.45) is 1.45. The quantitative estimate of drug-likeness (QED) is 0.853. The smallest absolute Gasteiger partial charge is 0.191 e. The Labute approximate surface area is 117 Å². The van der Waals surface area contributed by atoms with Gasteiger partial charge in [-0.3, -0.25) is 0 Å². The van der Waals surface area contributed by atoms with E-state index >= 15 is 0 Å². The van der Waals surface area contributed by atoms with Crippen LogP contribution in [0.15, 0.2) is 22.9 Å². The summed E-state index contributed by atoms with van der Waals surface area (Å²) in [7, 11) is 3.23. The fourth-order valence-electron chi connectivity index (χ4n) is 2.25. The van der Waals surface area contributed by atoms with Crippen LogP contribution in [0.1, 0.15) is 31.0 Å². The Hall–Kier alpha value is -2.48. The molecular formula is C15H16N2O3. The van der Waals surface area contributed by atoms with E-state index < -0.39 is 0 Å². The van der Waals surface area contributed by atoms with Crippen molar-refractivity contribution in [3.63, 3.8) is 0 Å². The van der Waals surface area contributed by atoms with Gasteiger partial charge in [-0.1, -0.05) is 19.0 Å². The zero-order valence-electron chi connectivity index (χ0n) is 11.9. The lowest BCUT2D eigenvalue weighted by Gasteiger charge is -2.18. The van der Waals surface area contributed by atoms with Crippen molar-refractivity contribution in [2.75, 3.05) is 14.2 Å². The van der Waals surface area contributed by atoms with Gasteiger partial charge in [0.15, 0.2) is 5.69 Å². The fraction of sp³-hybridized carbons (Fsp3) is 0.333. The number of aromatic nitrogens is 1. The van der Waals surface area contributed by atoms with E-state index in [1.807, 2.05) is 18.2 Å². The molecule has 5 heteroatoms. The van der Waals surface area contributed by atoms with E-state index in [0.717, 1.165) is 16.9 Å². The Kier molecular flexibility index (Phi) is 3.94. The molecule has 0 aliphatic rings. The first-order chi connectivity index (χ1) is 9.63. The van der Waals surface area contributed by atoms with Crippen molar-refractivity contribution >= 4 is 0 Å². The maximum atomic E-state index is 9.07. The standard InChI is InChI=1S/C15H16N2O3/c1-9(2)14-13(18-3)6-5-10(15(14)19-4)11-8-20-17-12(11)7-16/h5-6,8-9H,1-4H3. The van der Waals surface area contributed by atoms with Gasteiger partial charge in [0.1, 0.15) is 23.8 Å². The molecule has 0 radical (unpaired) electrons. The van der Waals surface area contributed by atoms with Gasteiger partial charge >= 0.3 is 0 Å². The Balaban J connectivity index is 2.73. The first-order valence-corrected chi connectivity index (χ1v) is 6.23. The van der Waals surface area contributed by atoms with Crippen LogP contribution in [0.2, 0.25) is 0 Å². The molecule has 0 aliphatic heterocycles.